The van der Waals surface area contributed by atoms with Gasteiger partial charge in [-0.25, -0.2) is 0 Å². The first-order chi connectivity index (χ1) is 9.66. The van der Waals surface area contributed by atoms with Crippen LogP contribution < -0.4 is 5.32 Å². The van der Waals surface area contributed by atoms with Gasteiger partial charge in [-0.15, -0.1) is 0 Å². The van der Waals surface area contributed by atoms with Gasteiger partial charge in [-0.05, 0) is 32.1 Å². The number of hydrogen-bond acceptors (Lipinski definition) is 3. The SMILES string of the molecule is O=C(CN1CCC2(O)CCCCC2C1)NC1CCCC1. The summed E-state index contributed by atoms with van der Waals surface area (Å²) in [6, 6.07) is 0.416. The molecule has 1 aliphatic heterocycles. The monoisotopic (exact) mass is 280 g/mol. The summed E-state index contributed by atoms with van der Waals surface area (Å²) >= 11 is 0. The molecule has 2 N–H and O–H groups in total. The Kier molecular flexibility index (Phi) is 4.32. The number of hydrogen-bond donors (Lipinski definition) is 2. The number of fused-ring (bicyclic) bond motifs is 1. The van der Waals surface area contributed by atoms with E-state index >= 15 is 0 Å². The molecule has 1 amide bonds. The highest BCUT2D eigenvalue weighted by molar-refractivity contribution is 5.78. The van der Waals surface area contributed by atoms with E-state index < -0.39 is 5.60 Å². The van der Waals surface area contributed by atoms with E-state index in [4.69, 9.17) is 0 Å². The van der Waals surface area contributed by atoms with Gasteiger partial charge in [-0.2, -0.15) is 0 Å². The second kappa shape index (κ2) is 6.02. The fourth-order valence-corrected chi connectivity index (χ4v) is 4.33. The lowest BCUT2D eigenvalue weighted by atomic mass is 9.71. The average molecular weight is 280 g/mol. The zero-order valence-electron chi connectivity index (χ0n) is 12.4. The van der Waals surface area contributed by atoms with Crippen LogP contribution >= 0.6 is 0 Å². The Balaban J connectivity index is 1.47. The Morgan fingerprint density at radius 1 is 1.15 bits per heavy atom. The summed E-state index contributed by atoms with van der Waals surface area (Å²) in [5.41, 5.74) is -0.434. The minimum Gasteiger partial charge on any atom is -0.390 e. The minimum atomic E-state index is -0.434. The van der Waals surface area contributed by atoms with Crippen molar-refractivity contribution in [1.29, 1.82) is 0 Å². The molecule has 4 nitrogen and oxygen atoms in total. The molecule has 2 aliphatic carbocycles. The van der Waals surface area contributed by atoms with Gasteiger partial charge in [-0.3, -0.25) is 9.69 Å². The van der Waals surface area contributed by atoms with Crippen LogP contribution in [0.5, 0.6) is 0 Å². The summed E-state index contributed by atoms with van der Waals surface area (Å²) in [5.74, 6) is 0.558. The molecule has 0 radical (unpaired) electrons. The third-order valence-corrected chi connectivity index (χ3v) is 5.60. The van der Waals surface area contributed by atoms with Crippen LogP contribution in [0.3, 0.4) is 0 Å². The van der Waals surface area contributed by atoms with Crippen molar-refractivity contribution in [2.24, 2.45) is 5.92 Å². The van der Waals surface area contributed by atoms with Crippen LogP contribution in [0.2, 0.25) is 0 Å². The van der Waals surface area contributed by atoms with Crippen molar-refractivity contribution in [1.82, 2.24) is 10.2 Å². The molecule has 3 rings (SSSR count). The van der Waals surface area contributed by atoms with Gasteiger partial charge in [0.2, 0.25) is 5.91 Å². The van der Waals surface area contributed by atoms with E-state index in [1.165, 1.54) is 19.3 Å². The molecule has 2 saturated carbocycles. The van der Waals surface area contributed by atoms with Crippen LogP contribution in [0.4, 0.5) is 0 Å². The Bertz CT molecular complexity index is 354. The van der Waals surface area contributed by atoms with E-state index in [2.05, 4.69) is 10.2 Å². The van der Waals surface area contributed by atoms with Crippen LogP contribution in [0.15, 0.2) is 0 Å². The molecule has 3 aliphatic rings. The van der Waals surface area contributed by atoms with E-state index in [0.29, 0.717) is 18.5 Å². The second-order valence-corrected chi connectivity index (χ2v) is 7.08. The molecule has 2 unspecified atom stereocenters. The third kappa shape index (κ3) is 3.17. The van der Waals surface area contributed by atoms with Gasteiger partial charge in [-0.1, -0.05) is 25.7 Å². The lowest BCUT2D eigenvalue weighted by Crippen LogP contribution is -2.55. The first kappa shape index (κ1) is 14.3. The van der Waals surface area contributed by atoms with Gasteiger partial charge in [0, 0.05) is 25.0 Å². The molecule has 0 aromatic carbocycles. The lowest BCUT2D eigenvalue weighted by molar-refractivity contribution is -0.128. The number of carbonyl (C=O) groups is 1. The molecule has 2 atom stereocenters. The quantitative estimate of drug-likeness (QED) is 0.827. The van der Waals surface area contributed by atoms with Gasteiger partial charge in [0.05, 0.1) is 12.1 Å². The highest BCUT2D eigenvalue weighted by Crippen LogP contribution is 2.39. The number of nitrogens with zero attached hydrogens (tertiary/aromatic N) is 1. The summed E-state index contributed by atoms with van der Waals surface area (Å²) < 4.78 is 0. The molecular weight excluding hydrogens is 252 g/mol. The normalized spacial score (nSPS) is 35.8. The van der Waals surface area contributed by atoms with Gasteiger partial charge >= 0.3 is 0 Å². The first-order valence-corrected chi connectivity index (χ1v) is 8.40. The van der Waals surface area contributed by atoms with Crippen molar-refractivity contribution in [3.05, 3.63) is 0 Å². The fraction of sp³-hybridized carbons (Fsp3) is 0.938. The number of amides is 1. The maximum atomic E-state index is 12.1. The van der Waals surface area contributed by atoms with E-state index in [1.807, 2.05) is 0 Å². The zero-order chi connectivity index (χ0) is 14.0. The Labute approximate surface area is 121 Å². The zero-order valence-corrected chi connectivity index (χ0v) is 12.4. The lowest BCUT2D eigenvalue weighted by Gasteiger charge is -2.47. The van der Waals surface area contributed by atoms with E-state index in [0.717, 1.165) is 51.6 Å². The predicted molar refractivity (Wildman–Crippen MR) is 78.4 cm³/mol. The van der Waals surface area contributed by atoms with Crippen LogP contribution in [-0.4, -0.2) is 47.2 Å². The maximum Gasteiger partial charge on any atom is 0.234 e. The van der Waals surface area contributed by atoms with Crippen molar-refractivity contribution >= 4 is 5.91 Å². The highest BCUT2D eigenvalue weighted by atomic mass is 16.3. The largest absolute Gasteiger partial charge is 0.390 e. The van der Waals surface area contributed by atoms with Crippen LogP contribution in [0, 0.1) is 5.92 Å². The molecule has 3 fully saturated rings. The number of rotatable bonds is 3. The molecule has 0 aromatic rings. The number of aliphatic hydroxyl groups is 1. The predicted octanol–water partition coefficient (Wildman–Crippen LogP) is 1.67. The van der Waals surface area contributed by atoms with Crippen molar-refractivity contribution in [2.45, 2.75) is 69.4 Å². The summed E-state index contributed by atoms with van der Waals surface area (Å²) in [7, 11) is 0. The molecule has 114 valence electrons. The molecule has 20 heavy (non-hydrogen) atoms. The fourth-order valence-electron chi connectivity index (χ4n) is 4.33. The standard InChI is InChI=1S/C16H28N2O2/c19-15(17-14-6-1-2-7-14)12-18-10-9-16(20)8-4-3-5-13(16)11-18/h13-14,20H,1-12H2,(H,17,19). The van der Waals surface area contributed by atoms with Crippen molar-refractivity contribution in [3.8, 4) is 0 Å². The van der Waals surface area contributed by atoms with Gasteiger partial charge < -0.3 is 10.4 Å². The number of carbonyl (C=O) groups excluding carboxylic acids is 1. The molecule has 4 heteroatoms. The van der Waals surface area contributed by atoms with Gasteiger partial charge in [0.1, 0.15) is 0 Å². The van der Waals surface area contributed by atoms with E-state index in [-0.39, 0.29) is 5.91 Å². The number of likely N-dealkylation sites (tertiary alicyclic amines) is 1. The minimum absolute atomic E-state index is 0.179. The second-order valence-electron chi connectivity index (χ2n) is 7.08. The van der Waals surface area contributed by atoms with Crippen molar-refractivity contribution in [2.75, 3.05) is 19.6 Å². The number of piperidine rings is 1. The average Bonchev–Trinajstić information content (AvgIpc) is 2.91. The topological polar surface area (TPSA) is 52.6 Å². The summed E-state index contributed by atoms with van der Waals surface area (Å²) in [6.45, 7) is 2.28. The molecule has 0 bridgehead atoms. The highest BCUT2D eigenvalue weighted by Gasteiger charge is 2.42. The maximum absolute atomic E-state index is 12.1. The Morgan fingerprint density at radius 3 is 2.70 bits per heavy atom. The van der Waals surface area contributed by atoms with Crippen molar-refractivity contribution < 1.29 is 9.90 Å². The van der Waals surface area contributed by atoms with Gasteiger partial charge in [0.25, 0.3) is 0 Å². The third-order valence-electron chi connectivity index (χ3n) is 5.60. The molecule has 1 heterocycles. The van der Waals surface area contributed by atoms with Gasteiger partial charge in [0.15, 0.2) is 0 Å². The van der Waals surface area contributed by atoms with Crippen LogP contribution in [0.1, 0.15) is 57.8 Å². The van der Waals surface area contributed by atoms with E-state index in [1.54, 1.807) is 0 Å². The summed E-state index contributed by atoms with van der Waals surface area (Å²) in [6.07, 6.45) is 10.1. The molecule has 1 saturated heterocycles. The summed E-state index contributed by atoms with van der Waals surface area (Å²) in [5, 5.41) is 13.8. The Morgan fingerprint density at radius 2 is 1.90 bits per heavy atom. The van der Waals surface area contributed by atoms with Crippen LogP contribution in [0.25, 0.3) is 0 Å². The van der Waals surface area contributed by atoms with E-state index in [9.17, 15) is 9.90 Å². The van der Waals surface area contributed by atoms with Crippen LogP contribution in [-0.2, 0) is 4.79 Å². The molecule has 0 spiro atoms. The first-order valence-electron chi connectivity index (χ1n) is 8.40. The number of nitrogens with one attached hydrogen (secondary N) is 1. The van der Waals surface area contributed by atoms with Crippen molar-refractivity contribution in [3.63, 3.8) is 0 Å². The molecule has 0 aromatic heterocycles. The summed E-state index contributed by atoms with van der Waals surface area (Å²) in [4.78, 5) is 14.3. The Hall–Kier alpha value is -0.610. The smallest absolute Gasteiger partial charge is 0.234 e. The molecular formula is C16H28N2O2.